The summed E-state index contributed by atoms with van der Waals surface area (Å²) in [6.45, 7) is 0. The summed E-state index contributed by atoms with van der Waals surface area (Å²) in [5.74, 6) is 0. The molecule has 0 aliphatic rings. The number of hydrogen-bond donors (Lipinski definition) is 0. The van der Waals surface area contributed by atoms with Gasteiger partial charge in [-0.3, -0.25) is 0 Å². The molecule has 0 saturated carbocycles. The van der Waals surface area contributed by atoms with E-state index in [4.69, 9.17) is 0 Å². The Morgan fingerprint density at radius 2 is 0.515 bits per heavy atom. The molecule has 0 amide bonds. The SMILES string of the molecule is c1ccc(-c2ccc3c(-c4ccc5ccc6c(-c7cc(-c8cccc9ccccc89)cc8cc(-c9ccccc9)ccc78)ccc7ccc4c5c76)cc(-c4cccc5ccccc45)cc3c2)cc1. The second kappa shape index (κ2) is 15.4. The lowest BCUT2D eigenvalue weighted by Crippen LogP contribution is -1.92. The van der Waals surface area contributed by atoms with Crippen molar-refractivity contribution in [1.82, 2.24) is 0 Å². The summed E-state index contributed by atoms with van der Waals surface area (Å²) in [5, 5.41) is 17.6. The molecule has 0 heteroatoms. The minimum absolute atomic E-state index is 1.22. The fourth-order valence-corrected chi connectivity index (χ4v) is 11.3. The predicted octanol–water partition coefficient (Wildman–Crippen LogP) is 19.2. The van der Waals surface area contributed by atoms with Crippen LogP contribution in [0.25, 0.3) is 142 Å². The molecule has 14 aromatic rings. The number of benzene rings is 14. The summed E-state index contributed by atoms with van der Waals surface area (Å²) < 4.78 is 0. The maximum Gasteiger partial charge on any atom is -0.00203 e. The molecule has 0 atom stereocenters. The Morgan fingerprint density at radius 3 is 0.985 bits per heavy atom. The molecule has 0 fully saturated rings. The van der Waals surface area contributed by atoms with E-state index in [0.29, 0.717) is 0 Å². The second-order valence-electron chi connectivity index (χ2n) is 18.4. The van der Waals surface area contributed by atoms with Gasteiger partial charge in [-0.1, -0.05) is 218 Å². The van der Waals surface area contributed by atoms with Crippen LogP contribution in [0.15, 0.2) is 255 Å². The maximum absolute atomic E-state index is 2.44. The standard InChI is InChI=1S/C68H42/c1-3-13-43(14-4-1)49-29-31-59-51(37-49)39-53(57-23-11-19-45-17-7-9-21-55(45)57)41-65(59)61-33-25-47-28-36-64-62(34-26-48-27-35-63(61)67(47)68(48)64)66-42-54(58-24-12-20-46-18-8-10-22-56(46)58)40-52-38-50(30-32-60(52)66)44-15-5-2-6-16-44/h1-42H. The van der Waals surface area contributed by atoms with E-state index in [9.17, 15) is 0 Å². The lowest BCUT2D eigenvalue weighted by molar-refractivity contribution is 1.63. The molecule has 0 aliphatic carbocycles. The van der Waals surface area contributed by atoms with Crippen molar-refractivity contribution in [2.24, 2.45) is 0 Å². The molecule has 0 nitrogen and oxygen atoms in total. The van der Waals surface area contributed by atoms with Gasteiger partial charge in [0.1, 0.15) is 0 Å². The lowest BCUT2D eigenvalue weighted by Gasteiger charge is -2.20. The molecular formula is C68H42. The Kier molecular flexibility index (Phi) is 8.69. The van der Waals surface area contributed by atoms with Gasteiger partial charge in [-0.2, -0.15) is 0 Å². The van der Waals surface area contributed by atoms with Crippen molar-refractivity contribution in [3.05, 3.63) is 255 Å². The quantitative estimate of drug-likeness (QED) is 0.146. The minimum atomic E-state index is 1.22. The Bertz CT molecular complexity index is 4000. The molecule has 0 radical (unpaired) electrons. The van der Waals surface area contributed by atoms with E-state index < -0.39 is 0 Å². The normalized spacial score (nSPS) is 11.8. The summed E-state index contributed by atoms with van der Waals surface area (Å²) >= 11 is 0. The highest BCUT2D eigenvalue weighted by Gasteiger charge is 2.20. The van der Waals surface area contributed by atoms with Gasteiger partial charge in [0, 0.05) is 0 Å². The third kappa shape index (κ3) is 6.15. The van der Waals surface area contributed by atoms with Crippen LogP contribution in [0.4, 0.5) is 0 Å². The summed E-state index contributed by atoms with van der Waals surface area (Å²) in [6.07, 6.45) is 0. The van der Waals surface area contributed by atoms with Crippen LogP contribution in [0, 0.1) is 0 Å². The van der Waals surface area contributed by atoms with Crippen molar-refractivity contribution in [3.63, 3.8) is 0 Å². The topological polar surface area (TPSA) is 0 Å². The van der Waals surface area contributed by atoms with Crippen LogP contribution in [0.1, 0.15) is 0 Å². The van der Waals surface area contributed by atoms with Crippen LogP contribution < -0.4 is 0 Å². The molecule has 68 heavy (non-hydrogen) atoms. The van der Waals surface area contributed by atoms with Crippen LogP contribution in [0.5, 0.6) is 0 Å². The first-order valence-corrected chi connectivity index (χ1v) is 23.6. The highest BCUT2D eigenvalue weighted by molar-refractivity contribution is 6.29. The first kappa shape index (κ1) is 38.4. The highest BCUT2D eigenvalue weighted by Crippen LogP contribution is 2.47. The Balaban J connectivity index is 1.02. The molecule has 0 bridgehead atoms. The molecule has 0 aromatic heterocycles. The average molecular weight is 859 g/mol. The van der Waals surface area contributed by atoms with Gasteiger partial charge in [-0.25, -0.2) is 0 Å². The molecular weight excluding hydrogens is 817 g/mol. The summed E-state index contributed by atoms with van der Waals surface area (Å²) in [5.41, 5.74) is 14.8. The molecule has 314 valence electrons. The number of hydrogen-bond acceptors (Lipinski definition) is 0. The van der Waals surface area contributed by atoms with E-state index in [2.05, 4.69) is 255 Å². The lowest BCUT2D eigenvalue weighted by atomic mass is 9.84. The zero-order valence-corrected chi connectivity index (χ0v) is 37.2. The third-order valence-corrected chi connectivity index (χ3v) is 14.6. The van der Waals surface area contributed by atoms with Gasteiger partial charge in [0.05, 0.1) is 0 Å². The van der Waals surface area contributed by atoms with Gasteiger partial charge in [0.25, 0.3) is 0 Å². The summed E-state index contributed by atoms with van der Waals surface area (Å²) in [7, 11) is 0. The third-order valence-electron chi connectivity index (χ3n) is 14.6. The molecule has 0 heterocycles. The van der Waals surface area contributed by atoms with Crippen LogP contribution in [0.3, 0.4) is 0 Å². The zero-order valence-electron chi connectivity index (χ0n) is 37.2. The van der Waals surface area contributed by atoms with Gasteiger partial charge in [-0.05, 0) is 179 Å². The summed E-state index contributed by atoms with van der Waals surface area (Å²) in [6, 6.07) is 94.9. The van der Waals surface area contributed by atoms with E-state index in [1.54, 1.807) is 0 Å². The van der Waals surface area contributed by atoms with Crippen molar-refractivity contribution in [1.29, 1.82) is 0 Å². The fourth-order valence-electron chi connectivity index (χ4n) is 11.3. The van der Waals surface area contributed by atoms with E-state index in [1.807, 2.05) is 0 Å². The van der Waals surface area contributed by atoms with Crippen LogP contribution in [-0.4, -0.2) is 0 Å². The van der Waals surface area contributed by atoms with Gasteiger partial charge >= 0.3 is 0 Å². The van der Waals surface area contributed by atoms with Crippen LogP contribution in [-0.2, 0) is 0 Å². The molecule has 0 unspecified atom stereocenters. The maximum atomic E-state index is 2.44. The minimum Gasteiger partial charge on any atom is -0.0622 e. The van der Waals surface area contributed by atoms with Gasteiger partial charge in [0.15, 0.2) is 0 Å². The van der Waals surface area contributed by atoms with E-state index in [-0.39, 0.29) is 0 Å². The second-order valence-corrected chi connectivity index (χ2v) is 18.4. The van der Waals surface area contributed by atoms with Crippen LogP contribution >= 0.6 is 0 Å². The monoisotopic (exact) mass is 858 g/mol. The number of fused-ring (bicyclic) bond motifs is 4. The van der Waals surface area contributed by atoms with Crippen molar-refractivity contribution in [2.75, 3.05) is 0 Å². The Labute approximate surface area is 395 Å². The highest BCUT2D eigenvalue weighted by atomic mass is 14.2. The largest absolute Gasteiger partial charge is 0.0622 e. The van der Waals surface area contributed by atoms with Crippen LogP contribution in [0.2, 0.25) is 0 Å². The van der Waals surface area contributed by atoms with Gasteiger partial charge < -0.3 is 0 Å². The molecule has 0 spiro atoms. The molecule has 14 aromatic carbocycles. The zero-order chi connectivity index (χ0) is 44.7. The summed E-state index contributed by atoms with van der Waals surface area (Å²) in [4.78, 5) is 0. The Morgan fingerprint density at radius 1 is 0.147 bits per heavy atom. The average Bonchev–Trinajstić information content (AvgIpc) is 3.41. The van der Waals surface area contributed by atoms with E-state index in [1.165, 1.54) is 142 Å². The van der Waals surface area contributed by atoms with Crippen molar-refractivity contribution in [3.8, 4) is 66.8 Å². The van der Waals surface area contributed by atoms with Crippen molar-refractivity contribution < 1.29 is 0 Å². The number of rotatable bonds is 6. The van der Waals surface area contributed by atoms with Gasteiger partial charge in [-0.15, -0.1) is 0 Å². The van der Waals surface area contributed by atoms with E-state index in [0.717, 1.165) is 0 Å². The molecule has 14 rings (SSSR count). The van der Waals surface area contributed by atoms with E-state index >= 15 is 0 Å². The predicted molar refractivity (Wildman–Crippen MR) is 293 cm³/mol. The first-order valence-electron chi connectivity index (χ1n) is 23.6. The smallest absolute Gasteiger partial charge is 0.00203 e. The van der Waals surface area contributed by atoms with Gasteiger partial charge in [0.2, 0.25) is 0 Å². The molecule has 0 N–H and O–H groups in total. The first-order chi connectivity index (χ1) is 33.7. The molecule has 0 aliphatic heterocycles. The molecule has 0 saturated heterocycles. The van der Waals surface area contributed by atoms with Crippen molar-refractivity contribution >= 4 is 75.4 Å². The van der Waals surface area contributed by atoms with Crippen molar-refractivity contribution in [2.45, 2.75) is 0 Å². The Hall–Kier alpha value is -8.84. The fraction of sp³-hybridized carbons (Fsp3) is 0.